The number of imidazole rings is 1. The van der Waals surface area contributed by atoms with E-state index in [2.05, 4.69) is 26.3 Å². The lowest BCUT2D eigenvalue weighted by Gasteiger charge is -2.29. The van der Waals surface area contributed by atoms with E-state index in [9.17, 15) is 9.18 Å². The molecule has 1 atom stereocenters. The maximum absolute atomic E-state index is 13.6. The normalized spacial score (nSPS) is 15.1. The molecule has 0 aliphatic carbocycles. The fourth-order valence-corrected chi connectivity index (χ4v) is 4.87. The minimum atomic E-state index is -0.628. The molecule has 7 nitrogen and oxygen atoms in total. The first kappa shape index (κ1) is 22.5. The number of pyridine rings is 1. The van der Waals surface area contributed by atoms with Crippen molar-refractivity contribution < 1.29 is 9.18 Å². The first-order chi connectivity index (χ1) is 16.5. The Kier molecular flexibility index (Phi) is 6.08. The second kappa shape index (κ2) is 9.18. The number of aldehydes is 1. The summed E-state index contributed by atoms with van der Waals surface area (Å²) in [6.07, 6.45) is 5.84. The van der Waals surface area contributed by atoms with Gasteiger partial charge in [0.05, 0.1) is 22.9 Å². The Balaban J connectivity index is 1.68. The van der Waals surface area contributed by atoms with Gasteiger partial charge in [-0.05, 0) is 56.9 Å². The lowest BCUT2D eigenvalue weighted by molar-refractivity contribution is 0.112. The molecule has 4 aromatic rings. The highest BCUT2D eigenvalue weighted by atomic mass is 35.5. The number of hydrogen-bond donors (Lipinski definition) is 1. The molecule has 3 aromatic heterocycles. The quantitative estimate of drug-likeness (QED) is 0.282. The molecule has 1 aromatic carbocycles. The number of alkyl halides is 1. The summed E-state index contributed by atoms with van der Waals surface area (Å²) in [5.41, 5.74) is 4.76. The molecule has 0 amide bonds. The molecule has 1 aliphatic heterocycles. The van der Waals surface area contributed by atoms with Gasteiger partial charge in [-0.1, -0.05) is 17.7 Å². The van der Waals surface area contributed by atoms with Gasteiger partial charge in [-0.2, -0.15) is 0 Å². The summed E-state index contributed by atoms with van der Waals surface area (Å²) in [5, 5.41) is 4.53. The Hall–Kier alpha value is -3.26. The SMILES string of the molecule is Cc1cc(C(C)Nc2ccc(Cl)nc2C=O)c2nc(N3CCCCC3)n3cc(CF)nc3c2c1. The predicted molar refractivity (Wildman–Crippen MR) is 133 cm³/mol. The van der Waals surface area contributed by atoms with Gasteiger partial charge in [0.25, 0.3) is 0 Å². The standard InChI is InChI=1S/C25H26ClFN6O/c1-15-10-18(16(2)28-20-6-7-22(26)30-21(20)14-34)23-19(11-15)24-29-17(12-27)13-33(24)25(31-23)32-8-4-3-5-9-32/h6-7,10-11,13-14,16,28H,3-5,8-9,12H2,1-2H3. The van der Waals surface area contributed by atoms with Gasteiger partial charge in [-0.15, -0.1) is 0 Å². The number of aryl methyl sites for hydroxylation is 1. The van der Waals surface area contributed by atoms with Crippen LogP contribution in [0.4, 0.5) is 16.0 Å². The molecular formula is C25H26ClFN6O. The third-order valence-corrected chi connectivity index (χ3v) is 6.53. The zero-order valence-corrected chi connectivity index (χ0v) is 19.9. The minimum Gasteiger partial charge on any atom is -0.377 e. The van der Waals surface area contributed by atoms with Gasteiger partial charge in [0, 0.05) is 30.2 Å². The molecule has 1 saturated heterocycles. The van der Waals surface area contributed by atoms with Gasteiger partial charge >= 0.3 is 0 Å². The topological polar surface area (TPSA) is 75.4 Å². The molecule has 0 radical (unpaired) electrons. The zero-order chi connectivity index (χ0) is 23.8. The highest BCUT2D eigenvalue weighted by Gasteiger charge is 2.22. The second-order valence-corrected chi connectivity index (χ2v) is 9.21. The molecule has 0 spiro atoms. The molecule has 9 heteroatoms. The van der Waals surface area contributed by atoms with Crippen molar-refractivity contribution >= 4 is 46.1 Å². The van der Waals surface area contributed by atoms with Gasteiger partial charge < -0.3 is 10.2 Å². The van der Waals surface area contributed by atoms with Crippen molar-refractivity contribution in [1.29, 1.82) is 0 Å². The Morgan fingerprint density at radius 2 is 1.97 bits per heavy atom. The number of carbonyl (C=O) groups is 1. The molecule has 1 aliphatic rings. The largest absolute Gasteiger partial charge is 0.377 e. The number of anilines is 2. The van der Waals surface area contributed by atoms with Crippen LogP contribution in [0.5, 0.6) is 0 Å². The van der Waals surface area contributed by atoms with E-state index in [0.717, 1.165) is 53.9 Å². The van der Waals surface area contributed by atoms with Crippen LogP contribution in [0.1, 0.15) is 59.5 Å². The van der Waals surface area contributed by atoms with Gasteiger partial charge in [0.15, 0.2) is 6.29 Å². The second-order valence-electron chi connectivity index (χ2n) is 8.82. The van der Waals surface area contributed by atoms with Crippen LogP contribution in [-0.2, 0) is 6.67 Å². The lowest BCUT2D eigenvalue weighted by atomic mass is 10.0. The number of carbonyl (C=O) groups excluding carboxylic acids is 1. The minimum absolute atomic E-state index is 0.191. The summed E-state index contributed by atoms with van der Waals surface area (Å²) >= 11 is 5.96. The van der Waals surface area contributed by atoms with Crippen molar-refractivity contribution in [3.8, 4) is 0 Å². The van der Waals surface area contributed by atoms with Crippen molar-refractivity contribution in [3.05, 3.63) is 58.1 Å². The predicted octanol–water partition coefficient (Wildman–Crippen LogP) is 5.68. The molecular weight excluding hydrogens is 455 g/mol. The number of rotatable bonds is 6. The molecule has 0 saturated carbocycles. The van der Waals surface area contributed by atoms with E-state index >= 15 is 0 Å². The number of hydrogen-bond acceptors (Lipinski definition) is 6. The average molecular weight is 481 g/mol. The van der Waals surface area contributed by atoms with Gasteiger partial charge in [-0.3, -0.25) is 9.20 Å². The highest BCUT2D eigenvalue weighted by molar-refractivity contribution is 6.29. The van der Waals surface area contributed by atoms with Gasteiger partial charge in [-0.25, -0.2) is 19.3 Å². The van der Waals surface area contributed by atoms with Crippen LogP contribution < -0.4 is 10.2 Å². The Morgan fingerprint density at radius 3 is 2.71 bits per heavy atom. The summed E-state index contributed by atoms with van der Waals surface area (Å²) in [5.74, 6) is 0.786. The molecule has 1 fully saturated rings. The highest BCUT2D eigenvalue weighted by Crippen LogP contribution is 2.33. The Labute approximate surface area is 202 Å². The molecule has 176 valence electrons. The summed E-state index contributed by atoms with van der Waals surface area (Å²) in [6, 6.07) is 7.34. The van der Waals surface area contributed by atoms with Crippen LogP contribution in [-0.4, -0.2) is 38.7 Å². The van der Waals surface area contributed by atoms with Crippen molar-refractivity contribution in [1.82, 2.24) is 19.4 Å². The number of piperidine rings is 1. The fraction of sp³-hybridized carbons (Fsp3) is 0.360. The Bertz CT molecular complexity index is 1380. The van der Waals surface area contributed by atoms with Crippen LogP contribution in [0.3, 0.4) is 0 Å². The smallest absolute Gasteiger partial charge is 0.211 e. The van der Waals surface area contributed by atoms with E-state index in [0.29, 0.717) is 23.3 Å². The third-order valence-electron chi connectivity index (χ3n) is 6.32. The number of fused-ring (bicyclic) bond motifs is 3. The van der Waals surface area contributed by atoms with Crippen molar-refractivity contribution in [2.75, 3.05) is 23.3 Å². The summed E-state index contributed by atoms with van der Waals surface area (Å²) in [7, 11) is 0. The van der Waals surface area contributed by atoms with Crippen LogP contribution >= 0.6 is 11.6 Å². The van der Waals surface area contributed by atoms with E-state index in [1.807, 2.05) is 24.3 Å². The number of nitrogens with zero attached hydrogens (tertiary/aromatic N) is 5. The fourth-order valence-electron chi connectivity index (χ4n) is 4.71. The molecule has 1 unspecified atom stereocenters. The number of halogens is 2. The zero-order valence-electron chi connectivity index (χ0n) is 19.2. The van der Waals surface area contributed by atoms with Crippen LogP contribution in [0.25, 0.3) is 16.6 Å². The summed E-state index contributed by atoms with van der Waals surface area (Å²) < 4.78 is 15.5. The van der Waals surface area contributed by atoms with Gasteiger partial charge in [0.1, 0.15) is 23.2 Å². The number of aromatic nitrogens is 4. The van der Waals surface area contributed by atoms with E-state index in [4.69, 9.17) is 16.6 Å². The van der Waals surface area contributed by atoms with Crippen LogP contribution in [0, 0.1) is 6.92 Å². The first-order valence-electron chi connectivity index (χ1n) is 11.5. The lowest BCUT2D eigenvalue weighted by Crippen LogP contribution is -2.32. The molecule has 0 bridgehead atoms. The first-order valence-corrected chi connectivity index (χ1v) is 11.9. The molecule has 4 heterocycles. The maximum atomic E-state index is 13.6. The maximum Gasteiger partial charge on any atom is 0.211 e. The van der Waals surface area contributed by atoms with E-state index in [1.165, 1.54) is 6.42 Å². The van der Waals surface area contributed by atoms with E-state index in [1.54, 1.807) is 18.3 Å². The van der Waals surface area contributed by atoms with Crippen LogP contribution in [0.2, 0.25) is 5.15 Å². The van der Waals surface area contributed by atoms with E-state index in [-0.39, 0.29) is 16.9 Å². The monoisotopic (exact) mass is 480 g/mol. The molecule has 5 rings (SSSR count). The number of benzene rings is 1. The Morgan fingerprint density at radius 1 is 1.18 bits per heavy atom. The van der Waals surface area contributed by atoms with E-state index < -0.39 is 6.67 Å². The van der Waals surface area contributed by atoms with Crippen molar-refractivity contribution in [2.24, 2.45) is 0 Å². The summed E-state index contributed by atoms with van der Waals surface area (Å²) in [6.45, 7) is 5.22. The van der Waals surface area contributed by atoms with Crippen molar-refractivity contribution in [3.63, 3.8) is 0 Å². The number of nitrogens with one attached hydrogen (secondary N) is 1. The average Bonchev–Trinajstić information content (AvgIpc) is 3.29. The summed E-state index contributed by atoms with van der Waals surface area (Å²) in [4.78, 5) is 27.6. The molecule has 1 N–H and O–H groups in total. The van der Waals surface area contributed by atoms with Crippen LogP contribution in [0.15, 0.2) is 30.5 Å². The third kappa shape index (κ3) is 4.07. The van der Waals surface area contributed by atoms with Crippen molar-refractivity contribution in [2.45, 2.75) is 45.8 Å². The van der Waals surface area contributed by atoms with Gasteiger partial charge in [0.2, 0.25) is 5.95 Å². The molecule has 34 heavy (non-hydrogen) atoms.